The van der Waals surface area contributed by atoms with E-state index in [1.165, 1.54) is 14.2 Å². The van der Waals surface area contributed by atoms with E-state index in [0.29, 0.717) is 28.2 Å². The van der Waals surface area contributed by atoms with Gasteiger partial charge in [0.1, 0.15) is 0 Å². The molecule has 30 heavy (non-hydrogen) atoms. The van der Waals surface area contributed by atoms with Gasteiger partial charge < -0.3 is 19.1 Å². The number of rotatable bonds is 5. The van der Waals surface area contributed by atoms with Crippen LogP contribution in [-0.2, 0) is 10.0 Å². The Hall–Kier alpha value is -2.97. The second-order valence-electron chi connectivity index (χ2n) is 7.22. The number of benzene rings is 3. The van der Waals surface area contributed by atoms with E-state index in [1.54, 1.807) is 31.4 Å². The van der Waals surface area contributed by atoms with E-state index in [-0.39, 0.29) is 4.90 Å². The van der Waals surface area contributed by atoms with Crippen LogP contribution in [0.4, 0.5) is 5.69 Å². The molecular formula is C22H24N2O5S. The fourth-order valence-corrected chi connectivity index (χ4v) is 5.55. The number of nitrogens with one attached hydrogen (secondary N) is 1. The van der Waals surface area contributed by atoms with Gasteiger partial charge in [0.05, 0.1) is 32.3 Å². The summed E-state index contributed by atoms with van der Waals surface area (Å²) in [5, 5.41) is 1.59. The molecule has 1 aliphatic heterocycles. The van der Waals surface area contributed by atoms with Crippen LogP contribution >= 0.6 is 0 Å². The van der Waals surface area contributed by atoms with Crippen molar-refractivity contribution in [3.8, 4) is 17.2 Å². The molecule has 0 amide bonds. The third kappa shape index (κ3) is 2.95. The minimum Gasteiger partial charge on any atom is -0.493 e. The van der Waals surface area contributed by atoms with E-state index in [4.69, 9.17) is 14.2 Å². The SMILES string of the molecule is COc1ccc(C2NS(=O)(=O)c3cccc4c(N(C)C)ccc2c34)c(OC)c1OC. The number of ether oxygens (including phenoxy) is 3. The van der Waals surface area contributed by atoms with Crippen LogP contribution in [0.25, 0.3) is 10.8 Å². The molecular weight excluding hydrogens is 404 g/mol. The lowest BCUT2D eigenvalue weighted by Crippen LogP contribution is -2.33. The van der Waals surface area contributed by atoms with Gasteiger partial charge in [-0.15, -0.1) is 0 Å². The van der Waals surface area contributed by atoms with E-state index < -0.39 is 16.1 Å². The number of methoxy groups -OCH3 is 3. The average Bonchev–Trinajstić information content (AvgIpc) is 2.74. The topological polar surface area (TPSA) is 77.1 Å². The maximum atomic E-state index is 13.2. The third-order valence-corrected chi connectivity index (χ3v) is 6.88. The van der Waals surface area contributed by atoms with Gasteiger partial charge in [-0.05, 0) is 29.8 Å². The summed E-state index contributed by atoms with van der Waals surface area (Å²) < 4.78 is 45.7. The molecule has 0 spiro atoms. The summed E-state index contributed by atoms with van der Waals surface area (Å²) in [7, 11) is 4.72. The van der Waals surface area contributed by atoms with Crippen LogP contribution in [-0.4, -0.2) is 43.8 Å². The van der Waals surface area contributed by atoms with Crippen molar-refractivity contribution in [2.75, 3.05) is 40.3 Å². The number of anilines is 1. The van der Waals surface area contributed by atoms with Gasteiger partial charge in [0, 0.05) is 36.1 Å². The molecule has 0 saturated carbocycles. The van der Waals surface area contributed by atoms with Crippen LogP contribution < -0.4 is 23.8 Å². The molecule has 158 valence electrons. The zero-order valence-corrected chi connectivity index (χ0v) is 18.3. The zero-order chi connectivity index (χ0) is 21.6. The molecule has 1 aliphatic rings. The Kier molecular flexibility index (Phi) is 4.99. The quantitative estimate of drug-likeness (QED) is 0.672. The molecule has 3 aromatic rings. The molecule has 1 N–H and O–H groups in total. The summed E-state index contributed by atoms with van der Waals surface area (Å²) in [4.78, 5) is 2.25. The standard InChI is InChI=1S/C22H24N2O5S/c1-24(2)16-11-9-14-19-13(16)7-6-8-18(19)30(25,26)23-20(14)15-10-12-17(27-3)22(29-5)21(15)28-4/h6-12,20,23H,1-5H3. The molecule has 3 aromatic carbocycles. The second-order valence-corrected chi connectivity index (χ2v) is 8.91. The van der Waals surface area contributed by atoms with Crippen molar-refractivity contribution in [1.82, 2.24) is 4.72 Å². The zero-order valence-electron chi connectivity index (χ0n) is 17.5. The molecule has 0 saturated heterocycles. The van der Waals surface area contributed by atoms with Gasteiger partial charge in [-0.25, -0.2) is 8.42 Å². The van der Waals surface area contributed by atoms with Crippen molar-refractivity contribution in [3.63, 3.8) is 0 Å². The predicted molar refractivity (Wildman–Crippen MR) is 117 cm³/mol. The Labute approximate surface area is 176 Å². The lowest BCUT2D eigenvalue weighted by Gasteiger charge is -2.30. The highest BCUT2D eigenvalue weighted by molar-refractivity contribution is 7.89. The van der Waals surface area contributed by atoms with E-state index in [0.717, 1.165) is 16.6 Å². The van der Waals surface area contributed by atoms with Gasteiger partial charge in [-0.3, -0.25) is 0 Å². The summed E-state index contributed by atoms with van der Waals surface area (Å²) in [6.07, 6.45) is 0. The van der Waals surface area contributed by atoms with E-state index in [2.05, 4.69) is 4.72 Å². The van der Waals surface area contributed by atoms with Gasteiger partial charge in [0.2, 0.25) is 15.8 Å². The highest BCUT2D eigenvalue weighted by atomic mass is 32.2. The minimum atomic E-state index is -3.74. The summed E-state index contributed by atoms with van der Waals surface area (Å²) in [5.74, 6) is 1.34. The number of hydrogen-bond donors (Lipinski definition) is 1. The Balaban J connectivity index is 2.06. The summed E-state index contributed by atoms with van der Waals surface area (Å²) in [6.45, 7) is 0. The first-order valence-electron chi connectivity index (χ1n) is 9.38. The summed E-state index contributed by atoms with van der Waals surface area (Å²) in [6, 6.07) is 12.2. The predicted octanol–water partition coefficient (Wildman–Crippen LogP) is 3.31. The first-order valence-corrected chi connectivity index (χ1v) is 10.9. The van der Waals surface area contributed by atoms with E-state index in [1.807, 2.05) is 37.2 Å². The van der Waals surface area contributed by atoms with Crippen LogP contribution in [0, 0.1) is 0 Å². The highest BCUT2D eigenvalue weighted by Crippen LogP contribution is 2.47. The van der Waals surface area contributed by atoms with Crippen LogP contribution in [0.15, 0.2) is 47.4 Å². The molecule has 0 aliphatic carbocycles. The molecule has 1 unspecified atom stereocenters. The number of sulfonamides is 1. The lowest BCUT2D eigenvalue weighted by molar-refractivity contribution is 0.321. The Morgan fingerprint density at radius 1 is 0.867 bits per heavy atom. The Bertz CT molecular complexity index is 1240. The Morgan fingerprint density at radius 2 is 1.57 bits per heavy atom. The van der Waals surface area contributed by atoms with Gasteiger partial charge >= 0.3 is 0 Å². The largest absolute Gasteiger partial charge is 0.493 e. The van der Waals surface area contributed by atoms with Crippen molar-refractivity contribution >= 4 is 26.5 Å². The molecule has 0 aromatic heterocycles. The lowest BCUT2D eigenvalue weighted by atomic mass is 9.92. The van der Waals surface area contributed by atoms with Crippen LogP contribution in [0.2, 0.25) is 0 Å². The fraction of sp³-hybridized carbons (Fsp3) is 0.273. The monoisotopic (exact) mass is 428 g/mol. The molecule has 1 atom stereocenters. The maximum absolute atomic E-state index is 13.2. The van der Waals surface area contributed by atoms with Gasteiger partial charge in [-0.1, -0.05) is 18.2 Å². The fourth-order valence-electron chi connectivity index (χ4n) is 4.10. The van der Waals surface area contributed by atoms with Crippen LogP contribution in [0.3, 0.4) is 0 Å². The smallest absolute Gasteiger partial charge is 0.242 e. The summed E-state index contributed by atoms with van der Waals surface area (Å²) in [5.41, 5.74) is 2.45. The van der Waals surface area contributed by atoms with Gasteiger partial charge in [0.15, 0.2) is 11.5 Å². The highest BCUT2D eigenvalue weighted by Gasteiger charge is 2.35. The number of nitrogens with zero attached hydrogens (tertiary/aromatic N) is 1. The molecule has 0 radical (unpaired) electrons. The maximum Gasteiger partial charge on any atom is 0.242 e. The van der Waals surface area contributed by atoms with Gasteiger partial charge in [-0.2, -0.15) is 4.72 Å². The average molecular weight is 429 g/mol. The van der Waals surface area contributed by atoms with Crippen molar-refractivity contribution < 1.29 is 22.6 Å². The molecule has 0 fully saturated rings. The normalized spacial score (nSPS) is 16.9. The molecule has 1 heterocycles. The third-order valence-electron chi connectivity index (χ3n) is 5.41. The second kappa shape index (κ2) is 7.37. The van der Waals surface area contributed by atoms with E-state index >= 15 is 0 Å². The summed E-state index contributed by atoms with van der Waals surface area (Å²) >= 11 is 0. The molecule has 7 nitrogen and oxygen atoms in total. The minimum absolute atomic E-state index is 0.273. The van der Waals surface area contributed by atoms with Gasteiger partial charge in [0.25, 0.3) is 0 Å². The first kappa shape index (κ1) is 20.3. The van der Waals surface area contributed by atoms with Crippen LogP contribution in [0.5, 0.6) is 17.2 Å². The number of hydrogen-bond acceptors (Lipinski definition) is 6. The van der Waals surface area contributed by atoms with E-state index in [9.17, 15) is 8.42 Å². The van der Waals surface area contributed by atoms with Crippen molar-refractivity contribution in [3.05, 3.63) is 53.6 Å². The molecule has 4 rings (SSSR count). The van der Waals surface area contributed by atoms with Crippen LogP contribution in [0.1, 0.15) is 17.2 Å². The Morgan fingerprint density at radius 3 is 2.20 bits per heavy atom. The van der Waals surface area contributed by atoms with Crippen molar-refractivity contribution in [2.45, 2.75) is 10.9 Å². The molecule has 8 heteroatoms. The molecule has 0 bridgehead atoms. The van der Waals surface area contributed by atoms with Crippen molar-refractivity contribution in [1.29, 1.82) is 0 Å². The first-order chi connectivity index (χ1) is 14.3. The van der Waals surface area contributed by atoms with Crippen molar-refractivity contribution in [2.24, 2.45) is 0 Å².